The SMILES string of the molecule is CCCC/C(=C/[Si](C)(C)c1ccccc1)C(C)=O. The molecule has 0 fully saturated rings. The zero-order chi connectivity index (χ0) is 13.6. The maximum atomic E-state index is 11.7. The fourth-order valence-corrected chi connectivity index (χ4v) is 4.54. The molecule has 1 nitrogen and oxygen atoms in total. The van der Waals surface area contributed by atoms with E-state index < -0.39 is 8.07 Å². The number of hydrogen-bond donors (Lipinski definition) is 0. The second kappa shape index (κ2) is 6.69. The van der Waals surface area contributed by atoms with Crippen LogP contribution in [0.1, 0.15) is 33.1 Å². The largest absolute Gasteiger partial charge is 0.295 e. The highest BCUT2D eigenvalue weighted by Crippen LogP contribution is 2.14. The minimum Gasteiger partial charge on any atom is -0.295 e. The molecule has 18 heavy (non-hydrogen) atoms. The molecule has 0 aromatic heterocycles. The second-order valence-electron chi connectivity index (χ2n) is 5.42. The molecular formula is C16H24OSi. The average molecular weight is 260 g/mol. The van der Waals surface area contributed by atoms with Crippen LogP contribution in [0, 0.1) is 0 Å². The molecule has 0 aliphatic heterocycles. The van der Waals surface area contributed by atoms with Crippen LogP contribution in [0.15, 0.2) is 41.6 Å². The Balaban J connectivity index is 2.99. The van der Waals surface area contributed by atoms with Gasteiger partial charge in [-0.2, -0.15) is 0 Å². The van der Waals surface area contributed by atoms with Crippen LogP contribution >= 0.6 is 0 Å². The first-order valence-corrected chi connectivity index (χ1v) is 9.83. The summed E-state index contributed by atoms with van der Waals surface area (Å²) >= 11 is 0. The lowest BCUT2D eigenvalue weighted by Gasteiger charge is -2.20. The Hall–Kier alpha value is -1.15. The van der Waals surface area contributed by atoms with Gasteiger partial charge in [0.2, 0.25) is 0 Å². The Labute approximate surface area is 112 Å². The summed E-state index contributed by atoms with van der Waals surface area (Å²) in [5.41, 5.74) is 3.30. The van der Waals surface area contributed by atoms with Crippen molar-refractivity contribution in [2.45, 2.75) is 46.2 Å². The van der Waals surface area contributed by atoms with Crippen LogP contribution in [0.5, 0.6) is 0 Å². The Bertz CT molecular complexity index is 418. The van der Waals surface area contributed by atoms with Crippen LogP contribution in [0.4, 0.5) is 0 Å². The number of benzene rings is 1. The predicted octanol–water partition coefficient (Wildman–Crippen LogP) is 3.85. The molecule has 0 aliphatic rings. The number of Topliss-reactive ketones (excluding diaryl/α,β-unsaturated/α-hetero) is 1. The van der Waals surface area contributed by atoms with Gasteiger partial charge in [0, 0.05) is 0 Å². The van der Waals surface area contributed by atoms with E-state index in [1.54, 1.807) is 6.92 Å². The summed E-state index contributed by atoms with van der Waals surface area (Å²) in [5, 5.41) is 1.39. The zero-order valence-electron chi connectivity index (χ0n) is 12.0. The van der Waals surface area contributed by atoms with Gasteiger partial charge in [-0.1, -0.05) is 67.7 Å². The molecule has 0 unspecified atom stereocenters. The lowest BCUT2D eigenvalue weighted by atomic mass is 10.1. The Kier molecular flexibility index (Phi) is 5.54. The summed E-state index contributed by atoms with van der Waals surface area (Å²) in [5.74, 6) is 0.236. The quantitative estimate of drug-likeness (QED) is 0.561. The second-order valence-corrected chi connectivity index (χ2v) is 9.73. The van der Waals surface area contributed by atoms with Gasteiger partial charge >= 0.3 is 0 Å². The first-order valence-electron chi connectivity index (χ1n) is 6.75. The molecule has 1 rings (SSSR count). The van der Waals surface area contributed by atoms with Gasteiger partial charge in [-0.15, -0.1) is 0 Å². The number of carbonyl (C=O) groups excluding carboxylic acids is 1. The Morgan fingerprint density at radius 1 is 1.22 bits per heavy atom. The summed E-state index contributed by atoms with van der Waals surface area (Å²) in [6.45, 7) is 8.46. The fourth-order valence-electron chi connectivity index (χ4n) is 2.10. The van der Waals surface area contributed by atoms with Gasteiger partial charge in [0.15, 0.2) is 5.78 Å². The van der Waals surface area contributed by atoms with Gasteiger partial charge in [0.25, 0.3) is 0 Å². The highest BCUT2D eigenvalue weighted by molar-refractivity contribution is 6.94. The van der Waals surface area contributed by atoms with Crippen LogP contribution < -0.4 is 5.19 Å². The average Bonchev–Trinajstić information content (AvgIpc) is 2.35. The molecule has 0 atom stereocenters. The summed E-state index contributed by atoms with van der Waals surface area (Å²) in [6.07, 6.45) is 3.16. The predicted molar refractivity (Wildman–Crippen MR) is 81.8 cm³/mol. The molecule has 0 amide bonds. The summed E-state index contributed by atoms with van der Waals surface area (Å²) in [6, 6.07) is 10.6. The first kappa shape index (κ1) is 14.9. The van der Waals surface area contributed by atoms with E-state index >= 15 is 0 Å². The molecule has 1 aromatic carbocycles. The fraction of sp³-hybridized carbons (Fsp3) is 0.438. The minimum atomic E-state index is -1.64. The van der Waals surface area contributed by atoms with E-state index in [9.17, 15) is 4.79 Å². The van der Waals surface area contributed by atoms with Gasteiger partial charge in [-0.25, -0.2) is 0 Å². The molecule has 0 N–H and O–H groups in total. The van der Waals surface area contributed by atoms with Crippen LogP contribution in [-0.2, 0) is 4.79 Å². The van der Waals surface area contributed by atoms with Crippen molar-refractivity contribution in [1.82, 2.24) is 0 Å². The molecule has 0 saturated heterocycles. The van der Waals surface area contributed by atoms with Gasteiger partial charge in [0.1, 0.15) is 8.07 Å². The molecule has 0 radical (unpaired) electrons. The maximum absolute atomic E-state index is 11.7. The van der Waals surface area contributed by atoms with Gasteiger partial charge in [-0.3, -0.25) is 4.79 Å². The molecular weight excluding hydrogens is 236 g/mol. The molecule has 0 bridgehead atoms. The summed E-state index contributed by atoms with van der Waals surface area (Å²) < 4.78 is 0. The number of carbonyl (C=O) groups is 1. The number of allylic oxidation sites excluding steroid dienone is 1. The van der Waals surface area contributed by atoms with E-state index in [1.165, 1.54) is 5.19 Å². The van der Waals surface area contributed by atoms with Gasteiger partial charge in [0.05, 0.1) is 0 Å². The van der Waals surface area contributed by atoms with Crippen LogP contribution in [0.3, 0.4) is 0 Å². The van der Waals surface area contributed by atoms with Gasteiger partial charge < -0.3 is 0 Å². The highest BCUT2D eigenvalue weighted by atomic mass is 28.3. The smallest absolute Gasteiger partial charge is 0.155 e. The maximum Gasteiger partial charge on any atom is 0.155 e. The monoisotopic (exact) mass is 260 g/mol. The highest BCUT2D eigenvalue weighted by Gasteiger charge is 2.22. The van der Waals surface area contributed by atoms with Crippen LogP contribution in [0.2, 0.25) is 13.1 Å². The molecule has 1 aromatic rings. The van der Waals surface area contributed by atoms with E-state index in [4.69, 9.17) is 0 Å². The van der Waals surface area contributed by atoms with Crippen molar-refractivity contribution in [2.75, 3.05) is 0 Å². The summed E-state index contributed by atoms with van der Waals surface area (Å²) in [7, 11) is -1.64. The standard InChI is InChI=1S/C16H24OSi/c1-5-6-10-15(14(2)17)13-18(3,4)16-11-8-7-9-12-16/h7-9,11-13H,5-6,10H2,1-4H3/b15-13-. The van der Waals surface area contributed by atoms with E-state index in [2.05, 4.69) is 50.0 Å². The normalized spacial score (nSPS) is 12.6. The van der Waals surface area contributed by atoms with E-state index in [0.717, 1.165) is 24.8 Å². The topological polar surface area (TPSA) is 17.1 Å². The Morgan fingerprint density at radius 3 is 2.33 bits per heavy atom. The van der Waals surface area contributed by atoms with Crippen LogP contribution in [0.25, 0.3) is 0 Å². The zero-order valence-corrected chi connectivity index (χ0v) is 13.0. The third-order valence-electron chi connectivity index (χ3n) is 3.30. The summed E-state index contributed by atoms with van der Waals surface area (Å²) in [4.78, 5) is 11.7. The van der Waals surface area contributed by atoms with Crippen molar-refractivity contribution in [3.63, 3.8) is 0 Å². The molecule has 0 aliphatic carbocycles. The van der Waals surface area contributed by atoms with Crippen molar-refractivity contribution in [3.8, 4) is 0 Å². The number of rotatable bonds is 6. The van der Waals surface area contributed by atoms with Crippen molar-refractivity contribution in [1.29, 1.82) is 0 Å². The lowest BCUT2D eigenvalue weighted by molar-refractivity contribution is -0.113. The van der Waals surface area contributed by atoms with E-state index in [1.807, 2.05) is 6.07 Å². The van der Waals surface area contributed by atoms with E-state index in [0.29, 0.717) is 0 Å². The molecule has 98 valence electrons. The van der Waals surface area contributed by atoms with Crippen molar-refractivity contribution < 1.29 is 4.79 Å². The lowest BCUT2D eigenvalue weighted by Crippen LogP contribution is -2.40. The third-order valence-corrected chi connectivity index (χ3v) is 6.20. The van der Waals surface area contributed by atoms with Crippen molar-refractivity contribution >= 4 is 19.0 Å². The molecule has 0 heterocycles. The minimum absolute atomic E-state index is 0.236. The number of unbranched alkanes of at least 4 members (excludes halogenated alkanes) is 1. The van der Waals surface area contributed by atoms with Crippen molar-refractivity contribution in [2.24, 2.45) is 0 Å². The molecule has 2 heteroatoms. The van der Waals surface area contributed by atoms with Gasteiger partial charge in [-0.05, 0) is 25.3 Å². The Morgan fingerprint density at radius 2 is 1.83 bits per heavy atom. The molecule has 0 spiro atoms. The van der Waals surface area contributed by atoms with E-state index in [-0.39, 0.29) is 5.78 Å². The number of hydrogen-bond acceptors (Lipinski definition) is 1. The first-order chi connectivity index (χ1) is 8.47. The van der Waals surface area contributed by atoms with Crippen molar-refractivity contribution in [3.05, 3.63) is 41.6 Å². The third kappa shape index (κ3) is 4.26. The molecule has 0 saturated carbocycles. The van der Waals surface area contributed by atoms with Crippen LogP contribution in [-0.4, -0.2) is 13.9 Å². The number of ketones is 1.